The van der Waals surface area contributed by atoms with Gasteiger partial charge in [-0.3, -0.25) is 19.0 Å². The molecule has 0 N–H and O–H groups in total. The molecule has 0 amide bonds. The van der Waals surface area contributed by atoms with Gasteiger partial charge in [0.15, 0.2) is 24.6 Å². The highest BCUT2D eigenvalue weighted by atomic mass is 35.5. The van der Waals surface area contributed by atoms with E-state index in [0.717, 1.165) is 9.13 Å². The van der Waals surface area contributed by atoms with E-state index in [-0.39, 0.29) is 11.2 Å². The van der Waals surface area contributed by atoms with Crippen molar-refractivity contribution in [3.63, 3.8) is 0 Å². The average molecular weight is 491 g/mol. The predicted molar refractivity (Wildman–Crippen MR) is 126 cm³/mol. The molecule has 0 unspecified atom stereocenters. The summed E-state index contributed by atoms with van der Waals surface area (Å²) in [5, 5.41) is 0.351. The average Bonchev–Trinajstić information content (AvgIpc) is 3.17. The van der Waals surface area contributed by atoms with Crippen molar-refractivity contribution in [3.05, 3.63) is 56.5 Å². The largest absolute Gasteiger partial charge is 0.443 e. The van der Waals surface area contributed by atoms with Crippen LogP contribution in [-0.4, -0.2) is 30.6 Å². The summed E-state index contributed by atoms with van der Waals surface area (Å²) in [6, 6.07) is 6.80. The number of para-hydroxylation sites is 1. The van der Waals surface area contributed by atoms with Crippen molar-refractivity contribution in [2.24, 2.45) is 10.8 Å². The maximum absolute atomic E-state index is 13.4. The number of rotatable bonds is 5. The quantitative estimate of drug-likeness (QED) is 0.505. The van der Waals surface area contributed by atoms with Gasteiger partial charge in [-0.25, -0.2) is 18.9 Å². The molecule has 1 aromatic carbocycles. The molecule has 0 aliphatic carbocycles. The Morgan fingerprint density at radius 3 is 1.97 bits per heavy atom. The van der Waals surface area contributed by atoms with E-state index in [1.54, 1.807) is 65.8 Å². The van der Waals surface area contributed by atoms with E-state index in [9.17, 15) is 19.2 Å². The molecule has 182 valence electrons. The first-order chi connectivity index (χ1) is 15.7. The highest BCUT2D eigenvalue weighted by Crippen LogP contribution is 2.23. The number of aromatic nitrogens is 4. The van der Waals surface area contributed by atoms with Crippen LogP contribution in [0.5, 0.6) is 0 Å². The van der Waals surface area contributed by atoms with Gasteiger partial charge in [-0.05, 0) is 53.7 Å². The van der Waals surface area contributed by atoms with Crippen LogP contribution in [0.15, 0.2) is 40.2 Å². The maximum Gasteiger partial charge on any atom is 0.338 e. The van der Waals surface area contributed by atoms with Gasteiger partial charge in [-0.2, -0.15) is 0 Å². The van der Waals surface area contributed by atoms with E-state index < -0.39 is 47.5 Å². The minimum Gasteiger partial charge on any atom is -0.443 e. The van der Waals surface area contributed by atoms with Crippen LogP contribution >= 0.6 is 11.6 Å². The van der Waals surface area contributed by atoms with Crippen molar-refractivity contribution in [2.75, 3.05) is 0 Å². The molecule has 3 aromatic rings. The van der Waals surface area contributed by atoms with E-state index in [0.29, 0.717) is 10.7 Å². The lowest BCUT2D eigenvalue weighted by atomic mass is 9.97. The molecule has 2 heterocycles. The standard InChI is InChI=1S/C23H27ClN4O6/c1-22(2,3)19(30)33-12-27-17-16(26(11-25-17)15-10-8-7-9-14(15)24)18(29)28(21(27)32)13-34-20(31)23(4,5)6/h7-11H,12-13H2,1-6H3. The fraction of sp³-hybridized carbons (Fsp3) is 0.435. The number of imidazole rings is 1. The molecule has 0 bridgehead atoms. The number of fused-ring (bicyclic) bond motifs is 1. The number of carbonyl (C=O) groups is 2. The summed E-state index contributed by atoms with van der Waals surface area (Å²) in [6.45, 7) is 8.86. The Kier molecular flexibility index (Phi) is 6.75. The number of halogens is 1. The molecule has 3 rings (SSSR count). The van der Waals surface area contributed by atoms with Gasteiger partial charge in [0.1, 0.15) is 6.33 Å². The van der Waals surface area contributed by atoms with Crippen molar-refractivity contribution in [3.8, 4) is 5.69 Å². The zero-order chi connectivity index (χ0) is 25.4. The van der Waals surface area contributed by atoms with Gasteiger partial charge < -0.3 is 9.47 Å². The molecule has 11 heteroatoms. The van der Waals surface area contributed by atoms with Crippen molar-refractivity contribution in [1.82, 2.24) is 18.7 Å². The van der Waals surface area contributed by atoms with E-state index in [1.165, 1.54) is 10.9 Å². The molecule has 34 heavy (non-hydrogen) atoms. The maximum atomic E-state index is 13.4. The van der Waals surface area contributed by atoms with Crippen LogP contribution in [0, 0.1) is 10.8 Å². The Bertz CT molecular complexity index is 1370. The van der Waals surface area contributed by atoms with Crippen molar-refractivity contribution in [1.29, 1.82) is 0 Å². The highest BCUT2D eigenvalue weighted by Gasteiger charge is 2.27. The van der Waals surface area contributed by atoms with Gasteiger partial charge in [0.25, 0.3) is 5.56 Å². The minimum absolute atomic E-state index is 0.00460. The molecule has 0 saturated heterocycles. The summed E-state index contributed by atoms with van der Waals surface area (Å²) >= 11 is 6.32. The molecule has 10 nitrogen and oxygen atoms in total. The fourth-order valence-electron chi connectivity index (χ4n) is 2.93. The van der Waals surface area contributed by atoms with Gasteiger partial charge in [-0.1, -0.05) is 23.7 Å². The van der Waals surface area contributed by atoms with Crippen LogP contribution in [0.25, 0.3) is 16.9 Å². The lowest BCUT2D eigenvalue weighted by molar-refractivity contribution is -0.157. The first-order valence-corrected chi connectivity index (χ1v) is 10.9. The Morgan fingerprint density at radius 1 is 0.912 bits per heavy atom. The normalized spacial score (nSPS) is 12.1. The van der Waals surface area contributed by atoms with E-state index in [4.69, 9.17) is 21.1 Å². The summed E-state index contributed by atoms with van der Waals surface area (Å²) in [6.07, 6.45) is 1.35. The highest BCUT2D eigenvalue weighted by molar-refractivity contribution is 6.32. The third kappa shape index (κ3) is 4.91. The van der Waals surface area contributed by atoms with E-state index in [1.807, 2.05) is 0 Å². The Labute approximate surface area is 200 Å². The van der Waals surface area contributed by atoms with Crippen LogP contribution in [-0.2, 0) is 32.5 Å². The van der Waals surface area contributed by atoms with Gasteiger partial charge >= 0.3 is 17.6 Å². The second-order valence-corrected chi connectivity index (χ2v) is 10.2. The van der Waals surface area contributed by atoms with Crippen molar-refractivity contribution in [2.45, 2.75) is 55.0 Å². The Balaban J connectivity index is 2.20. The number of carbonyl (C=O) groups excluding carboxylic acids is 2. The number of hydrogen-bond donors (Lipinski definition) is 0. The lowest BCUT2D eigenvalue weighted by Crippen LogP contribution is -2.43. The molecule has 2 aromatic heterocycles. The fourth-order valence-corrected chi connectivity index (χ4v) is 3.15. The zero-order valence-corrected chi connectivity index (χ0v) is 20.7. The van der Waals surface area contributed by atoms with Gasteiger partial charge in [0, 0.05) is 0 Å². The number of hydrogen-bond acceptors (Lipinski definition) is 7. The summed E-state index contributed by atoms with van der Waals surface area (Å²) in [7, 11) is 0. The molecule has 0 atom stereocenters. The molecule has 0 aliphatic rings. The second kappa shape index (κ2) is 9.09. The SMILES string of the molecule is CC(C)(C)C(=O)OCn1c(=O)c2c(ncn2-c2ccccc2Cl)n(COC(=O)C(C)(C)C)c1=O. The summed E-state index contributed by atoms with van der Waals surface area (Å²) in [5.41, 5.74) is -2.77. The zero-order valence-electron chi connectivity index (χ0n) is 19.9. The second-order valence-electron chi connectivity index (χ2n) is 9.80. The summed E-state index contributed by atoms with van der Waals surface area (Å²) < 4.78 is 13.8. The van der Waals surface area contributed by atoms with Gasteiger partial charge in [0.2, 0.25) is 0 Å². The summed E-state index contributed by atoms with van der Waals surface area (Å²) in [4.78, 5) is 55.4. The number of nitrogens with zero attached hydrogens (tertiary/aromatic N) is 4. The van der Waals surface area contributed by atoms with Crippen LogP contribution in [0.2, 0.25) is 5.02 Å². The van der Waals surface area contributed by atoms with Crippen molar-refractivity contribution < 1.29 is 19.1 Å². The monoisotopic (exact) mass is 490 g/mol. The Morgan fingerprint density at radius 2 is 1.44 bits per heavy atom. The third-order valence-corrected chi connectivity index (χ3v) is 5.22. The number of esters is 2. The van der Waals surface area contributed by atoms with Crippen molar-refractivity contribution >= 4 is 34.7 Å². The molecular weight excluding hydrogens is 464 g/mol. The van der Waals surface area contributed by atoms with E-state index >= 15 is 0 Å². The van der Waals surface area contributed by atoms with E-state index in [2.05, 4.69) is 4.98 Å². The minimum atomic E-state index is -0.842. The molecule has 0 spiro atoms. The van der Waals surface area contributed by atoms with Crippen LogP contribution in [0.3, 0.4) is 0 Å². The molecular formula is C23H27ClN4O6. The summed E-state index contributed by atoms with van der Waals surface area (Å²) in [5.74, 6) is -1.14. The van der Waals surface area contributed by atoms with Crippen LogP contribution in [0.1, 0.15) is 41.5 Å². The number of benzene rings is 1. The molecule has 0 radical (unpaired) electrons. The smallest absolute Gasteiger partial charge is 0.338 e. The van der Waals surface area contributed by atoms with Gasteiger partial charge in [-0.15, -0.1) is 0 Å². The first kappa shape index (κ1) is 25.2. The Hall–Kier alpha value is -3.40. The third-order valence-electron chi connectivity index (χ3n) is 4.90. The first-order valence-electron chi connectivity index (χ1n) is 10.5. The van der Waals surface area contributed by atoms with Gasteiger partial charge in [0.05, 0.1) is 21.5 Å². The topological polar surface area (TPSA) is 114 Å². The molecule has 0 saturated carbocycles. The number of ether oxygens (including phenoxy) is 2. The molecule has 0 aliphatic heterocycles. The predicted octanol–water partition coefficient (Wildman–Crippen LogP) is 3.10. The van der Waals surface area contributed by atoms with Crippen LogP contribution in [0.4, 0.5) is 0 Å². The van der Waals surface area contributed by atoms with Crippen LogP contribution < -0.4 is 11.2 Å². The lowest BCUT2D eigenvalue weighted by Gasteiger charge is -2.19. The molecule has 0 fully saturated rings.